The van der Waals surface area contributed by atoms with Crippen molar-refractivity contribution in [3.63, 3.8) is 0 Å². The zero-order chi connectivity index (χ0) is 104. The number of carboxylic acid groups (broad SMARTS) is 8. The molecule has 0 spiro atoms. The van der Waals surface area contributed by atoms with Gasteiger partial charge in [-0.1, -0.05) is 243 Å². The molecule has 26 nitrogen and oxygen atoms in total. The van der Waals surface area contributed by atoms with E-state index in [1.807, 2.05) is 291 Å². The molecule has 0 fully saturated rings. The van der Waals surface area contributed by atoms with Crippen LogP contribution < -0.4 is 37.9 Å². The second-order valence-electron chi connectivity index (χ2n) is 32.4. The van der Waals surface area contributed by atoms with E-state index in [1.54, 1.807) is 201 Å². The summed E-state index contributed by atoms with van der Waals surface area (Å²) < 4.78 is 45.2. The third kappa shape index (κ3) is 41.8. The fraction of sp³-hybridized carbons (Fsp3) is 0.133. The standard InChI is InChI=1S/8C15H14O3.Ca.2H2O/c8*1-11(15(16)17)12-6-5-9-14(10-12)18-13-7-3-2-4-8-13;;;/h8*2-11H,1H3,(H,16,17);;2*1H2/q;;;;;;;;+2;;. The Hall–Kier alpha value is -17.1. The van der Waals surface area contributed by atoms with Crippen LogP contribution in [0.3, 0.4) is 0 Å². The molecule has 0 saturated heterocycles. The van der Waals surface area contributed by atoms with Gasteiger partial charge in [-0.25, -0.2) is 0 Å². The molecule has 0 saturated carbocycles. The third-order valence-electron chi connectivity index (χ3n) is 21.7. The Labute approximate surface area is 883 Å². The fourth-order valence-corrected chi connectivity index (χ4v) is 12.9. The summed E-state index contributed by atoms with van der Waals surface area (Å²) in [7, 11) is 0. The predicted molar refractivity (Wildman–Crippen MR) is 565 cm³/mol. The Morgan fingerprint density at radius 3 is 0.306 bits per heavy atom. The van der Waals surface area contributed by atoms with E-state index in [4.69, 9.17) is 78.7 Å². The molecule has 16 aromatic rings. The molecule has 0 radical (unpaired) electrons. The molecule has 0 amide bonds. The van der Waals surface area contributed by atoms with E-state index in [2.05, 4.69) is 0 Å². The first-order chi connectivity index (χ1) is 69.3. The number of hydrogen-bond donors (Lipinski definition) is 8. The largest absolute Gasteiger partial charge is 2.00 e. The normalized spacial score (nSPS) is 11.6. The molecule has 16 rings (SSSR count). The summed E-state index contributed by atoms with van der Waals surface area (Å²) in [5, 5.41) is 71.8. The molecule has 752 valence electrons. The zero-order valence-electron chi connectivity index (χ0n) is 82.0. The molecule has 0 aliphatic heterocycles. The maximum Gasteiger partial charge on any atom is 2.00 e. The molecule has 8 unspecified atom stereocenters. The summed E-state index contributed by atoms with van der Waals surface area (Å²) in [6.45, 7) is 13.3. The summed E-state index contributed by atoms with van der Waals surface area (Å²) in [5.41, 5.74) is 5.86. The van der Waals surface area contributed by atoms with Crippen LogP contribution in [0.2, 0.25) is 0 Å². The van der Waals surface area contributed by atoms with Crippen molar-refractivity contribution in [1.82, 2.24) is 0 Å². The van der Waals surface area contributed by atoms with Gasteiger partial charge in [-0.15, -0.1) is 0 Å². The summed E-state index contributed by atoms with van der Waals surface area (Å²) in [5.74, 6) is 0.00454. The molecular formula is C120H116CaO26+2. The molecule has 0 aromatic heterocycles. The van der Waals surface area contributed by atoms with Gasteiger partial charge in [0.1, 0.15) is 92.0 Å². The van der Waals surface area contributed by atoms with Gasteiger partial charge in [-0.3, -0.25) is 38.4 Å². The molecule has 0 heterocycles. The number of ether oxygens (including phenoxy) is 8. The minimum Gasteiger partial charge on any atom is -0.481 e. The van der Waals surface area contributed by atoms with Crippen LogP contribution >= 0.6 is 0 Å². The van der Waals surface area contributed by atoms with Crippen molar-refractivity contribution in [3.05, 3.63) is 481 Å². The zero-order valence-corrected chi connectivity index (χ0v) is 84.2. The third-order valence-corrected chi connectivity index (χ3v) is 21.7. The van der Waals surface area contributed by atoms with Crippen molar-refractivity contribution in [2.75, 3.05) is 0 Å². The molecule has 0 aliphatic carbocycles. The van der Waals surface area contributed by atoms with Gasteiger partial charge in [-0.05, 0) is 294 Å². The average molecular weight is 2010 g/mol. The van der Waals surface area contributed by atoms with Crippen LogP contribution in [-0.2, 0) is 38.4 Å². The number of rotatable bonds is 32. The van der Waals surface area contributed by atoms with E-state index in [0.29, 0.717) is 46.0 Å². The first-order valence-corrected chi connectivity index (χ1v) is 45.8. The van der Waals surface area contributed by atoms with Crippen molar-refractivity contribution < 1.29 is 128 Å². The van der Waals surface area contributed by atoms with E-state index in [0.717, 1.165) is 90.5 Å². The quantitative estimate of drug-likeness (QED) is 0.0182. The maximum atomic E-state index is 10.9. The summed E-state index contributed by atoms with van der Waals surface area (Å²) in [6.07, 6.45) is 0. The van der Waals surface area contributed by atoms with Crippen LogP contribution in [0.4, 0.5) is 0 Å². The Bertz CT molecular complexity index is 5500. The van der Waals surface area contributed by atoms with Crippen LogP contribution in [0.25, 0.3) is 0 Å². The van der Waals surface area contributed by atoms with E-state index < -0.39 is 95.1 Å². The van der Waals surface area contributed by atoms with Gasteiger partial charge >= 0.3 is 85.5 Å². The van der Waals surface area contributed by atoms with Crippen molar-refractivity contribution in [3.8, 4) is 92.0 Å². The van der Waals surface area contributed by atoms with Crippen molar-refractivity contribution in [1.29, 1.82) is 0 Å². The minimum absolute atomic E-state index is 0. The summed E-state index contributed by atoms with van der Waals surface area (Å²) >= 11 is 0. The first kappa shape index (κ1) is 119. The van der Waals surface area contributed by atoms with Crippen LogP contribution in [-0.4, -0.2) is 137 Å². The van der Waals surface area contributed by atoms with Crippen LogP contribution in [0.15, 0.2) is 437 Å². The maximum absolute atomic E-state index is 10.9. The predicted octanol–water partition coefficient (Wildman–Crippen LogP) is 27.3. The molecule has 0 aliphatic rings. The first-order valence-electron chi connectivity index (χ1n) is 45.8. The number of hydrogen-bond acceptors (Lipinski definition) is 16. The molecule has 8 atom stereocenters. The molecule has 27 heteroatoms. The second-order valence-corrected chi connectivity index (χ2v) is 32.4. The van der Waals surface area contributed by atoms with Gasteiger partial charge < -0.3 is 89.7 Å². The number of carboxylic acids is 8. The summed E-state index contributed by atoms with van der Waals surface area (Å²) in [4.78, 5) is 87.4. The Balaban J connectivity index is 0.000000256. The topological polar surface area (TPSA) is 435 Å². The van der Waals surface area contributed by atoms with E-state index in [1.165, 1.54) is 0 Å². The SMILES string of the molecule is CC(C(=O)O)c1cccc(Oc2ccccc2)c1.CC(C(=O)O)c1cccc(Oc2ccccc2)c1.CC(C(=O)O)c1cccc(Oc2ccccc2)c1.CC(C(=O)O)c1cccc(Oc2ccccc2)c1.CC(C(=O)O)c1cccc(Oc2ccccc2)c1.CC(C(=O)O)c1cccc(Oc2ccccc2)c1.CC(C(=O)O)c1cccc(Oc2ccccc2)c1.CC(C(=O)O)c1cccc(Oc2ccccc2)c1.O.O.[Ca+2]. The Morgan fingerprint density at radius 2 is 0.224 bits per heavy atom. The van der Waals surface area contributed by atoms with Gasteiger partial charge in [0.2, 0.25) is 0 Å². The molecular weight excluding hydrogens is 1900 g/mol. The van der Waals surface area contributed by atoms with Gasteiger partial charge in [0, 0.05) is 0 Å². The van der Waals surface area contributed by atoms with Crippen LogP contribution in [0.1, 0.15) is 147 Å². The summed E-state index contributed by atoms with van der Waals surface area (Å²) in [6, 6.07) is 132. The van der Waals surface area contributed by atoms with Gasteiger partial charge in [0.15, 0.2) is 0 Å². The molecule has 12 N–H and O–H groups in total. The van der Waals surface area contributed by atoms with Gasteiger partial charge in [0.25, 0.3) is 0 Å². The van der Waals surface area contributed by atoms with Gasteiger partial charge in [0.05, 0.1) is 47.3 Å². The average Bonchev–Trinajstić information content (AvgIpc) is 0.889. The second kappa shape index (κ2) is 63.0. The Kier molecular flexibility index (Phi) is 50.8. The van der Waals surface area contributed by atoms with E-state index in [-0.39, 0.29) is 48.7 Å². The molecule has 16 aromatic carbocycles. The molecule has 147 heavy (non-hydrogen) atoms. The number of carbonyl (C=O) groups is 8. The van der Waals surface area contributed by atoms with Crippen LogP contribution in [0.5, 0.6) is 92.0 Å². The fourth-order valence-electron chi connectivity index (χ4n) is 12.9. The number of aliphatic carboxylic acids is 8. The van der Waals surface area contributed by atoms with Crippen molar-refractivity contribution in [2.45, 2.75) is 103 Å². The minimum atomic E-state index is -0.841. The molecule has 0 bridgehead atoms. The van der Waals surface area contributed by atoms with E-state index in [9.17, 15) is 38.4 Å². The monoisotopic (exact) mass is 2010 g/mol. The van der Waals surface area contributed by atoms with Crippen molar-refractivity contribution >= 4 is 85.5 Å². The van der Waals surface area contributed by atoms with Crippen LogP contribution in [0, 0.1) is 0 Å². The number of benzene rings is 16. The smallest absolute Gasteiger partial charge is 0.481 e. The van der Waals surface area contributed by atoms with Gasteiger partial charge in [-0.2, -0.15) is 0 Å². The van der Waals surface area contributed by atoms with Crippen molar-refractivity contribution in [2.24, 2.45) is 0 Å². The van der Waals surface area contributed by atoms with E-state index >= 15 is 0 Å². The Morgan fingerprint density at radius 1 is 0.143 bits per heavy atom. The number of para-hydroxylation sites is 8.